The number of pyridine rings is 1. The maximum atomic E-state index is 5.22. The first kappa shape index (κ1) is 36.4. The van der Waals surface area contributed by atoms with Crippen molar-refractivity contribution < 1.29 is 0 Å². The summed E-state index contributed by atoms with van der Waals surface area (Å²) in [4.78, 5) is 17.7. The second-order valence-electron chi connectivity index (χ2n) is 16.1. The van der Waals surface area contributed by atoms with Gasteiger partial charge in [0.15, 0.2) is 0 Å². The number of nitrogens with zero attached hydrogens (tertiary/aromatic N) is 5. The molecule has 8 aromatic carbocycles. The summed E-state index contributed by atoms with van der Waals surface area (Å²) < 4.78 is 2.06. The van der Waals surface area contributed by atoms with Gasteiger partial charge in [-0.05, 0) is 94.0 Å². The van der Waals surface area contributed by atoms with E-state index < -0.39 is 5.41 Å². The van der Waals surface area contributed by atoms with Crippen molar-refractivity contribution in [2.75, 3.05) is 4.90 Å². The molecule has 296 valence electrons. The maximum Gasteiger partial charge on any atom is 0.137 e. The number of benzene rings is 8. The number of hydrogen-bond donors (Lipinski definition) is 0. The Morgan fingerprint density at radius 2 is 0.889 bits per heavy atom. The standard InChI is InChI=1S/C58H39N5/c1-4-16-41(17-5-1)56-57(61-53-25-13-12-24-52(53)60-56)42-29-33-46(34-30-42)63(45-31-27-40(28-32-45)54-39-62-37-15-14-26-55(62)59-54)47-35-36-49-48-22-10-11-23-50(48)58(51(49)38-47,43-18-6-2-7-19-43)44-20-8-3-9-21-44/h1-39H. The number of rotatable bonds is 8. The van der Waals surface area contributed by atoms with E-state index in [4.69, 9.17) is 15.0 Å². The van der Waals surface area contributed by atoms with Crippen molar-refractivity contribution in [1.29, 1.82) is 0 Å². The maximum absolute atomic E-state index is 5.22. The zero-order valence-electron chi connectivity index (χ0n) is 34.3. The van der Waals surface area contributed by atoms with Crippen LogP contribution in [0.25, 0.3) is 61.6 Å². The molecule has 63 heavy (non-hydrogen) atoms. The lowest BCUT2D eigenvalue weighted by Crippen LogP contribution is -2.28. The zero-order chi connectivity index (χ0) is 41.7. The number of anilines is 3. The number of para-hydroxylation sites is 2. The van der Waals surface area contributed by atoms with Crippen molar-refractivity contribution in [3.63, 3.8) is 0 Å². The molecule has 0 spiro atoms. The molecule has 0 N–H and O–H groups in total. The van der Waals surface area contributed by atoms with Gasteiger partial charge in [0.1, 0.15) is 5.65 Å². The minimum Gasteiger partial charge on any atom is -0.310 e. The lowest BCUT2D eigenvalue weighted by molar-refractivity contribution is 0.768. The Morgan fingerprint density at radius 1 is 0.381 bits per heavy atom. The molecule has 0 saturated heterocycles. The first-order valence-corrected chi connectivity index (χ1v) is 21.3. The molecule has 0 fully saturated rings. The zero-order valence-corrected chi connectivity index (χ0v) is 34.3. The van der Waals surface area contributed by atoms with E-state index in [1.807, 2.05) is 54.7 Å². The Hall–Kier alpha value is -8.41. The lowest BCUT2D eigenvalue weighted by Gasteiger charge is -2.35. The van der Waals surface area contributed by atoms with Crippen LogP contribution < -0.4 is 4.90 Å². The summed E-state index contributed by atoms with van der Waals surface area (Å²) in [5.74, 6) is 0. The Bertz CT molecular complexity index is 3360. The van der Waals surface area contributed by atoms with Gasteiger partial charge >= 0.3 is 0 Å². The molecule has 0 saturated carbocycles. The Morgan fingerprint density at radius 3 is 1.52 bits per heavy atom. The fourth-order valence-electron chi connectivity index (χ4n) is 9.64. The molecule has 11 aromatic rings. The molecule has 0 radical (unpaired) electrons. The molecule has 0 unspecified atom stereocenters. The first-order valence-electron chi connectivity index (χ1n) is 21.3. The van der Waals surface area contributed by atoms with E-state index in [0.717, 1.165) is 67.5 Å². The van der Waals surface area contributed by atoms with Crippen LogP contribution in [0.15, 0.2) is 237 Å². The van der Waals surface area contributed by atoms with Gasteiger partial charge in [0.05, 0.1) is 33.5 Å². The van der Waals surface area contributed by atoms with Crippen LogP contribution in [0.1, 0.15) is 22.3 Å². The van der Waals surface area contributed by atoms with Crippen molar-refractivity contribution in [2.45, 2.75) is 5.41 Å². The van der Waals surface area contributed by atoms with E-state index in [0.29, 0.717) is 0 Å². The molecule has 5 nitrogen and oxygen atoms in total. The van der Waals surface area contributed by atoms with Crippen LogP contribution in [-0.4, -0.2) is 19.4 Å². The number of aromatic nitrogens is 4. The quantitative estimate of drug-likeness (QED) is 0.153. The third kappa shape index (κ3) is 6.05. The molecule has 0 atom stereocenters. The van der Waals surface area contributed by atoms with Crippen LogP contribution >= 0.6 is 0 Å². The molecule has 1 aliphatic carbocycles. The van der Waals surface area contributed by atoms with Gasteiger partial charge < -0.3 is 9.30 Å². The molecule has 0 bridgehead atoms. The summed E-state index contributed by atoms with van der Waals surface area (Å²) in [6.07, 6.45) is 4.13. The van der Waals surface area contributed by atoms with E-state index in [-0.39, 0.29) is 0 Å². The van der Waals surface area contributed by atoms with E-state index in [2.05, 4.69) is 191 Å². The van der Waals surface area contributed by atoms with Gasteiger partial charge in [0.2, 0.25) is 0 Å². The highest BCUT2D eigenvalue weighted by atomic mass is 15.1. The van der Waals surface area contributed by atoms with Crippen LogP contribution in [0.2, 0.25) is 0 Å². The largest absolute Gasteiger partial charge is 0.310 e. The molecule has 3 aromatic heterocycles. The van der Waals surface area contributed by atoms with Gasteiger partial charge in [0, 0.05) is 46.1 Å². The number of hydrogen-bond acceptors (Lipinski definition) is 4. The minimum atomic E-state index is -0.532. The van der Waals surface area contributed by atoms with Crippen molar-refractivity contribution in [3.05, 3.63) is 259 Å². The second-order valence-corrected chi connectivity index (χ2v) is 16.1. The third-order valence-electron chi connectivity index (χ3n) is 12.5. The molecule has 1 aliphatic rings. The van der Waals surface area contributed by atoms with Gasteiger partial charge in [-0.3, -0.25) is 0 Å². The van der Waals surface area contributed by atoms with Gasteiger partial charge in [-0.2, -0.15) is 0 Å². The highest BCUT2D eigenvalue weighted by Crippen LogP contribution is 2.57. The lowest BCUT2D eigenvalue weighted by atomic mass is 9.67. The van der Waals surface area contributed by atoms with Crippen LogP contribution in [-0.2, 0) is 5.41 Å². The minimum absolute atomic E-state index is 0.532. The van der Waals surface area contributed by atoms with Crippen LogP contribution in [0, 0.1) is 0 Å². The van der Waals surface area contributed by atoms with E-state index in [1.54, 1.807) is 0 Å². The molecule has 5 heteroatoms. The number of imidazole rings is 1. The Balaban J connectivity index is 1.04. The third-order valence-corrected chi connectivity index (χ3v) is 12.5. The summed E-state index contributed by atoms with van der Waals surface area (Å²) >= 11 is 0. The van der Waals surface area contributed by atoms with Crippen molar-refractivity contribution in [3.8, 4) is 44.9 Å². The highest BCUT2D eigenvalue weighted by molar-refractivity contribution is 5.91. The smallest absolute Gasteiger partial charge is 0.137 e. The van der Waals surface area contributed by atoms with Gasteiger partial charge in [-0.25, -0.2) is 15.0 Å². The van der Waals surface area contributed by atoms with Crippen LogP contribution in [0.5, 0.6) is 0 Å². The Labute approximate surface area is 365 Å². The van der Waals surface area contributed by atoms with E-state index >= 15 is 0 Å². The monoisotopic (exact) mass is 805 g/mol. The van der Waals surface area contributed by atoms with Crippen molar-refractivity contribution in [1.82, 2.24) is 19.4 Å². The molecular weight excluding hydrogens is 767 g/mol. The highest BCUT2D eigenvalue weighted by Gasteiger charge is 2.46. The first-order chi connectivity index (χ1) is 31.2. The van der Waals surface area contributed by atoms with E-state index in [9.17, 15) is 0 Å². The topological polar surface area (TPSA) is 46.3 Å². The van der Waals surface area contributed by atoms with Crippen molar-refractivity contribution >= 4 is 33.7 Å². The second kappa shape index (κ2) is 14.9. The molecule has 0 amide bonds. The molecule has 12 rings (SSSR count). The van der Waals surface area contributed by atoms with Gasteiger partial charge in [-0.1, -0.05) is 164 Å². The normalized spacial score (nSPS) is 12.6. The molecule has 0 aliphatic heterocycles. The number of fused-ring (bicyclic) bond motifs is 5. The summed E-state index contributed by atoms with van der Waals surface area (Å²) in [5.41, 5.74) is 18.4. The summed E-state index contributed by atoms with van der Waals surface area (Å²) in [5, 5.41) is 0. The SMILES string of the molecule is c1ccc(-c2nc3ccccc3nc2-c2ccc(N(c3ccc(-c4cn5ccccc5n4)cc3)c3ccc4c(c3)C(c3ccccc3)(c3ccccc3)c3ccccc3-4)cc2)cc1. The van der Waals surface area contributed by atoms with Crippen LogP contribution in [0.3, 0.4) is 0 Å². The average Bonchev–Trinajstić information content (AvgIpc) is 3.93. The average molecular weight is 806 g/mol. The fourth-order valence-corrected chi connectivity index (χ4v) is 9.64. The van der Waals surface area contributed by atoms with E-state index in [1.165, 1.54) is 33.4 Å². The Kier molecular flexibility index (Phi) is 8.64. The predicted molar refractivity (Wildman–Crippen MR) is 257 cm³/mol. The summed E-state index contributed by atoms with van der Waals surface area (Å²) in [7, 11) is 0. The molecular formula is C58H39N5. The van der Waals surface area contributed by atoms with Gasteiger partial charge in [-0.15, -0.1) is 0 Å². The van der Waals surface area contributed by atoms with Gasteiger partial charge in [0.25, 0.3) is 0 Å². The molecule has 3 heterocycles. The van der Waals surface area contributed by atoms with Crippen molar-refractivity contribution in [2.24, 2.45) is 0 Å². The predicted octanol–water partition coefficient (Wildman–Crippen LogP) is 14.1. The van der Waals surface area contributed by atoms with Crippen LogP contribution in [0.4, 0.5) is 17.1 Å². The fraction of sp³-hybridized carbons (Fsp3) is 0.0172. The summed E-state index contributed by atoms with van der Waals surface area (Å²) in [6, 6.07) is 79.9. The summed E-state index contributed by atoms with van der Waals surface area (Å²) in [6.45, 7) is 0.